The molecule has 0 saturated carbocycles. The number of furan rings is 1. The number of sulfonamides is 1. The Labute approximate surface area is 151 Å². The fraction of sp³-hybridized carbons (Fsp3) is 0.353. The van der Waals surface area contributed by atoms with Crippen molar-refractivity contribution < 1.29 is 27.1 Å². The Balaban J connectivity index is 1.78. The van der Waals surface area contributed by atoms with Crippen LogP contribution in [0, 0.1) is 0 Å². The van der Waals surface area contributed by atoms with Crippen LogP contribution < -0.4 is 19.1 Å². The van der Waals surface area contributed by atoms with Gasteiger partial charge in [-0.15, -0.1) is 0 Å². The number of benzene rings is 1. The van der Waals surface area contributed by atoms with Crippen LogP contribution in [0.2, 0.25) is 0 Å². The van der Waals surface area contributed by atoms with E-state index in [0.717, 1.165) is 4.31 Å². The summed E-state index contributed by atoms with van der Waals surface area (Å²) in [6, 6.07) is 8.25. The number of rotatable bonds is 7. The van der Waals surface area contributed by atoms with Gasteiger partial charge in [0.1, 0.15) is 25.5 Å². The first-order valence-corrected chi connectivity index (χ1v) is 9.79. The summed E-state index contributed by atoms with van der Waals surface area (Å²) < 4.78 is 42.2. The average Bonchev–Trinajstić information content (AvgIpc) is 3.17. The first-order valence-electron chi connectivity index (χ1n) is 8.19. The van der Waals surface area contributed by atoms with E-state index in [1.807, 2.05) is 0 Å². The molecule has 1 aliphatic rings. The van der Waals surface area contributed by atoms with Gasteiger partial charge in [-0.25, -0.2) is 8.42 Å². The Kier molecular flexibility index (Phi) is 5.36. The largest absolute Gasteiger partial charge is 0.486 e. The number of carbonyl (C=O) groups is 1. The molecule has 1 amide bonds. The molecule has 0 fully saturated rings. The first kappa shape index (κ1) is 18.1. The van der Waals surface area contributed by atoms with Crippen molar-refractivity contribution in [2.24, 2.45) is 0 Å². The van der Waals surface area contributed by atoms with Crippen molar-refractivity contribution in [1.29, 1.82) is 0 Å². The third kappa shape index (κ3) is 4.10. The molecule has 0 unspecified atom stereocenters. The van der Waals surface area contributed by atoms with Crippen LogP contribution in [0.25, 0.3) is 0 Å². The van der Waals surface area contributed by atoms with Gasteiger partial charge in [0, 0.05) is 6.07 Å². The van der Waals surface area contributed by atoms with E-state index in [1.165, 1.54) is 13.2 Å². The molecule has 0 saturated heterocycles. The van der Waals surface area contributed by atoms with Crippen molar-refractivity contribution in [3.8, 4) is 11.5 Å². The van der Waals surface area contributed by atoms with Crippen molar-refractivity contribution in [3.05, 3.63) is 42.4 Å². The molecule has 0 bridgehead atoms. The summed E-state index contributed by atoms with van der Waals surface area (Å²) in [5.74, 6) is 1.03. The zero-order valence-electron chi connectivity index (χ0n) is 14.3. The molecule has 1 aromatic carbocycles. The highest BCUT2D eigenvalue weighted by Gasteiger charge is 2.25. The monoisotopic (exact) mass is 380 g/mol. The molecule has 0 radical (unpaired) electrons. The molecule has 2 aromatic rings. The lowest BCUT2D eigenvalue weighted by molar-refractivity contribution is -0.119. The molecule has 2 heterocycles. The van der Waals surface area contributed by atoms with E-state index in [-0.39, 0.29) is 18.8 Å². The summed E-state index contributed by atoms with van der Waals surface area (Å²) in [4.78, 5) is 12.3. The van der Waals surface area contributed by atoms with Crippen molar-refractivity contribution in [3.63, 3.8) is 0 Å². The van der Waals surface area contributed by atoms with Gasteiger partial charge in [0.2, 0.25) is 15.9 Å². The molecule has 1 aromatic heterocycles. The van der Waals surface area contributed by atoms with Crippen LogP contribution in [0.1, 0.15) is 12.7 Å². The number of fused-ring (bicyclic) bond motifs is 1. The SMILES string of the molecule is CCS(=O)(=O)N(CC(=O)NCc1ccco1)c1ccc2c(c1)OCCO2. The standard InChI is InChI=1S/C17H20N2O6S/c1-2-26(21,22)19(12-17(20)18-11-14-4-3-7-23-14)13-5-6-15-16(10-13)25-9-8-24-15/h3-7,10H,2,8-9,11-12H2,1H3,(H,18,20). The van der Waals surface area contributed by atoms with Crippen molar-refractivity contribution in [1.82, 2.24) is 5.32 Å². The van der Waals surface area contributed by atoms with E-state index >= 15 is 0 Å². The predicted octanol–water partition coefficient (Wildman–Crippen LogP) is 1.52. The van der Waals surface area contributed by atoms with Crippen LogP contribution >= 0.6 is 0 Å². The Morgan fingerprint density at radius 1 is 1.19 bits per heavy atom. The van der Waals surface area contributed by atoms with E-state index in [2.05, 4.69) is 5.32 Å². The van der Waals surface area contributed by atoms with Gasteiger partial charge in [0.15, 0.2) is 11.5 Å². The number of hydrogen-bond donors (Lipinski definition) is 1. The molecule has 0 aliphatic carbocycles. The van der Waals surface area contributed by atoms with Gasteiger partial charge in [-0.05, 0) is 31.2 Å². The summed E-state index contributed by atoms with van der Waals surface area (Å²) in [6.07, 6.45) is 1.50. The minimum atomic E-state index is -3.65. The van der Waals surface area contributed by atoms with Crippen LogP contribution in [-0.4, -0.2) is 39.8 Å². The summed E-state index contributed by atoms with van der Waals surface area (Å²) in [5.41, 5.74) is 0.351. The molecule has 1 N–H and O–H groups in total. The van der Waals surface area contributed by atoms with Gasteiger partial charge in [-0.2, -0.15) is 0 Å². The highest BCUT2D eigenvalue weighted by atomic mass is 32.2. The maximum Gasteiger partial charge on any atom is 0.241 e. The van der Waals surface area contributed by atoms with Gasteiger partial charge in [-0.1, -0.05) is 0 Å². The number of amides is 1. The Bertz CT molecular complexity index is 863. The number of carbonyl (C=O) groups excluding carboxylic acids is 1. The Morgan fingerprint density at radius 2 is 1.96 bits per heavy atom. The van der Waals surface area contributed by atoms with Gasteiger partial charge >= 0.3 is 0 Å². The van der Waals surface area contributed by atoms with E-state index in [0.29, 0.717) is 36.2 Å². The molecule has 140 valence electrons. The van der Waals surface area contributed by atoms with Gasteiger partial charge in [0.05, 0.1) is 24.2 Å². The van der Waals surface area contributed by atoms with E-state index in [1.54, 1.807) is 30.3 Å². The van der Waals surface area contributed by atoms with Crippen molar-refractivity contribution in [2.75, 3.05) is 29.8 Å². The second-order valence-electron chi connectivity index (χ2n) is 5.59. The summed E-state index contributed by atoms with van der Waals surface area (Å²) in [5, 5.41) is 2.65. The lowest BCUT2D eigenvalue weighted by Crippen LogP contribution is -2.41. The number of anilines is 1. The van der Waals surface area contributed by atoms with Crippen LogP contribution in [0.15, 0.2) is 41.0 Å². The maximum atomic E-state index is 12.5. The molecule has 8 nitrogen and oxygen atoms in total. The summed E-state index contributed by atoms with van der Waals surface area (Å²) in [7, 11) is -3.65. The Hall–Kier alpha value is -2.68. The highest BCUT2D eigenvalue weighted by molar-refractivity contribution is 7.92. The molecular formula is C17H20N2O6S. The second-order valence-corrected chi connectivity index (χ2v) is 7.77. The molecule has 0 spiro atoms. The molecule has 9 heteroatoms. The minimum Gasteiger partial charge on any atom is -0.486 e. The predicted molar refractivity (Wildman–Crippen MR) is 94.8 cm³/mol. The highest BCUT2D eigenvalue weighted by Crippen LogP contribution is 2.34. The van der Waals surface area contributed by atoms with E-state index in [4.69, 9.17) is 13.9 Å². The maximum absolute atomic E-state index is 12.5. The van der Waals surface area contributed by atoms with Crippen LogP contribution in [0.3, 0.4) is 0 Å². The lowest BCUT2D eigenvalue weighted by Gasteiger charge is -2.25. The third-order valence-electron chi connectivity index (χ3n) is 3.84. The molecule has 1 aliphatic heterocycles. The quantitative estimate of drug-likeness (QED) is 0.782. The van der Waals surface area contributed by atoms with Crippen LogP contribution in [0.4, 0.5) is 5.69 Å². The molecule has 0 atom stereocenters. The summed E-state index contributed by atoms with van der Waals surface area (Å²) >= 11 is 0. The first-order chi connectivity index (χ1) is 12.5. The molecular weight excluding hydrogens is 360 g/mol. The number of hydrogen-bond acceptors (Lipinski definition) is 6. The zero-order chi connectivity index (χ0) is 18.6. The fourth-order valence-corrected chi connectivity index (χ4v) is 3.54. The average molecular weight is 380 g/mol. The normalized spacial score (nSPS) is 13.3. The zero-order valence-corrected chi connectivity index (χ0v) is 15.1. The van der Waals surface area contributed by atoms with Gasteiger partial charge < -0.3 is 19.2 Å². The van der Waals surface area contributed by atoms with E-state index in [9.17, 15) is 13.2 Å². The van der Waals surface area contributed by atoms with E-state index < -0.39 is 15.9 Å². The number of ether oxygens (including phenoxy) is 2. The van der Waals surface area contributed by atoms with Crippen molar-refractivity contribution in [2.45, 2.75) is 13.5 Å². The number of nitrogens with zero attached hydrogens (tertiary/aromatic N) is 1. The van der Waals surface area contributed by atoms with Crippen molar-refractivity contribution >= 4 is 21.6 Å². The third-order valence-corrected chi connectivity index (χ3v) is 5.58. The van der Waals surface area contributed by atoms with Gasteiger partial charge in [0.25, 0.3) is 0 Å². The summed E-state index contributed by atoms with van der Waals surface area (Å²) in [6.45, 7) is 2.21. The fourth-order valence-electron chi connectivity index (χ4n) is 2.48. The topological polar surface area (TPSA) is 98.1 Å². The molecule has 3 rings (SSSR count). The van der Waals surface area contributed by atoms with Crippen LogP contribution in [-0.2, 0) is 21.4 Å². The smallest absolute Gasteiger partial charge is 0.241 e. The second kappa shape index (κ2) is 7.69. The Morgan fingerprint density at radius 3 is 2.65 bits per heavy atom. The lowest BCUT2D eigenvalue weighted by atomic mass is 10.2. The van der Waals surface area contributed by atoms with Gasteiger partial charge in [-0.3, -0.25) is 9.10 Å². The molecule has 26 heavy (non-hydrogen) atoms. The minimum absolute atomic E-state index is 0.132. The van der Waals surface area contributed by atoms with Crippen LogP contribution in [0.5, 0.6) is 11.5 Å². The number of nitrogens with one attached hydrogen (secondary N) is 1.